The van der Waals surface area contributed by atoms with Gasteiger partial charge in [0.1, 0.15) is 11.3 Å². The fourth-order valence-corrected chi connectivity index (χ4v) is 2.00. The largest absolute Gasteiger partial charge is 0.478 e. The molecule has 0 amide bonds. The fraction of sp³-hybridized carbons (Fsp3) is 0.357. The van der Waals surface area contributed by atoms with Gasteiger partial charge in [-0.25, -0.2) is 4.79 Å². The Morgan fingerprint density at radius 1 is 1.38 bits per heavy atom. The summed E-state index contributed by atoms with van der Waals surface area (Å²) in [6, 6.07) is 5.88. The van der Waals surface area contributed by atoms with E-state index in [-0.39, 0.29) is 24.3 Å². The highest BCUT2D eigenvalue weighted by Gasteiger charge is 2.65. The first kappa shape index (κ1) is 15.4. The summed E-state index contributed by atoms with van der Waals surface area (Å²) < 4.78 is 50.2. The van der Waals surface area contributed by atoms with Gasteiger partial charge in [-0.2, -0.15) is 13.2 Å². The molecule has 0 unspecified atom stereocenters. The van der Waals surface area contributed by atoms with Crippen LogP contribution in [0, 0.1) is 0 Å². The van der Waals surface area contributed by atoms with Gasteiger partial charge < -0.3 is 14.6 Å². The Morgan fingerprint density at radius 3 is 2.62 bits per heavy atom. The van der Waals surface area contributed by atoms with Crippen molar-refractivity contribution in [1.82, 2.24) is 0 Å². The third kappa shape index (κ3) is 2.61. The minimum Gasteiger partial charge on any atom is -0.478 e. The fourth-order valence-electron chi connectivity index (χ4n) is 2.00. The highest BCUT2D eigenvalue weighted by atomic mass is 19.4. The van der Waals surface area contributed by atoms with Crippen molar-refractivity contribution in [2.75, 3.05) is 6.61 Å². The summed E-state index contributed by atoms with van der Waals surface area (Å²) in [7, 11) is 0. The van der Waals surface area contributed by atoms with Crippen molar-refractivity contribution in [2.24, 2.45) is 0 Å². The molecule has 7 heteroatoms. The van der Waals surface area contributed by atoms with Gasteiger partial charge in [-0.15, -0.1) is 0 Å². The summed E-state index contributed by atoms with van der Waals surface area (Å²) in [6.07, 6.45) is -3.81. The molecule has 1 aliphatic heterocycles. The van der Waals surface area contributed by atoms with Gasteiger partial charge >= 0.3 is 17.9 Å². The van der Waals surface area contributed by atoms with Crippen LogP contribution in [0.25, 0.3) is 6.08 Å². The lowest BCUT2D eigenvalue weighted by molar-refractivity contribution is -0.333. The van der Waals surface area contributed by atoms with E-state index >= 15 is 0 Å². The number of halogens is 3. The minimum absolute atomic E-state index is 0.0732. The predicted octanol–water partition coefficient (Wildman–Crippen LogP) is 3.23. The number of benzene rings is 1. The van der Waals surface area contributed by atoms with Crippen LogP contribution in [0.3, 0.4) is 0 Å². The van der Waals surface area contributed by atoms with Crippen LogP contribution in [0.5, 0.6) is 5.75 Å². The lowest BCUT2D eigenvalue weighted by atomic mass is 9.98. The van der Waals surface area contributed by atoms with E-state index in [1.807, 2.05) is 0 Å². The van der Waals surface area contributed by atoms with Gasteiger partial charge in [0.25, 0.3) is 0 Å². The Morgan fingerprint density at radius 2 is 2.05 bits per heavy atom. The number of aliphatic carboxylic acids is 1. The van der Waals surface area contributed by atoms with Gasteiger partial charge in [-0.1, -0.05) is 25.1 Å². The second-order valence-electron chi connectivity index (χ2n) is 4.47. The summed E-state index contributed by atoms with van der Waals surface area (Å²) >= 11 is 0. The molecule has 0 aliphatic carbocycles. The van der Waals surface area contributed by atoms with E-state index in [1.54, 1.807) is 13.0 Å². The van der Waals surface area contributed by atoms with Crippen molar-refractivity contribution >= 4 is 12.0 Å². The second kappa shape index (κ2) is 5.40. The summed E-state index contributed by atoms with van der Waals surface area (Å²) in [5.74, 6) is -5.10. The highest BCUT2D eigenvalue weighted by molar-refractivity contribution is 5.95. The molecule has 2 rings (SSSR count). The molecule has 0 fully saturated rings. The van der Waals surface area contributed by atoms with Crippen molar-refractivity contribution in [3.63, 3.8) is 0 Å². The third-order valence-electron chi connectivity index (χ3n) is 2.94. The number of fused-ring (bicyclic) bond motifs is 1. The monoisotopic (exact) mass is 302 g/mol. The molecule has 1 aliphatic rings. The summed E-state index contributed by atoms with van der Waals surface area (Å²) in [6.45, 7) is 1.33. The maximum absolute atomic E-state index is 13.5. The number of carboxylic acids is 1. The molecule has 0 spiro atoms. The van der Waals surface area contributed by atoms with Crippen LogP contribution >= 0.6 is 0 Å². The Hall–Kier alpha value is -2.02. The molecule has 0 radical (unpaired) electrons. The van der Waals surface area contributed by atoms with Crippen LogP contribution in [0.2, 0.25) is 0 Å². The topological polar surface area (TPSA) is 55.8 Å². The van der Waals surface area contributed by atoms with E-state index in [9.17, 15) is 18.0 Å². The number of ether oxygens (including phenoxy) is 2. The van der Waals surface area contributed by atoms with Crippen molar-refractivity contribution in [1.29, 1.82) is 0 Å². The van der Waals surface area contributed by atoms with Crippen LogP contribution in [0.1, 0.15) is 18.9 Å². The third-order valence-corrected chi connectivity index (χ3v) is 2.94. The lowest BCUT2D eigenvalue weighted by Crippen LogP contribution is -2.57. The number of rotatable bonds is 4. The number of carbonyl (C=O) groups is 1. The summed E-state index contributed by atoms with van der Waals surface area (Å²) in [5.41, 5.74) is -0.725. The maximum atomic E-state index is 13.5. The molecule has 1 aromatic rings. The molecule has 4 nitrogen and oxygen atoms in total. The smallest absolute Gasteiger partial charge is 0.460 e. The zero-order valence-electron chi connectivity index (χ0n) is 11.1. The molecule has 1 aromatic carbocycles. The molecule has 1 atom stereocenters. The lowest BCUT2D eigenvalue weighted by Gasteiger charge is -2.38. The molecular formula is C14H13F3O4. The average molecular weight is 302 g/mol. The molecule has 0 bridgehead atoms. The molecule has 21 heavy (non-hydrogen) atoms. The number of hydrogen-bond acceptors (Lipinski definition) is 3. The summed E-state index contributed by atoms with van der Waals surface area (Å²) in [4.78, 5) is 11.3. The van der Waals surface area contributed by atoms with Gasteiger partial charge in [-0.3, -0.25) is 0 Å². The van der Waals surface area contributed by atoms with Gasteiger partial charge in [0.15, 0.2) is 0 Å². The normalized spacial score (nSPS) is 21.2. The molecular weight excluding hydrogens is 289 g/mol. The molecule has 1 heterocycles. The molecule has 114 valence electrons. The van der Waals surface area contributed by atoms with Gasteiger partial charge in [0.05, 0.1) is 6.61 Å². The molecule has 0 saturated heterocycles. The van der Waals surface area contributed by atoms with Gasteiger partial charge in [0, 0.05) is 5.56 Å². The van der Waals surface area contributed by atoms with Crippen molar-refractivity contribution in [3.05, 3.63) is 35.4 Å². The maximum Gasteiger partial charge on any atom is 0.460 e. The van der Waals surface area contributed by atoms with Crippen molar-refractivity contribution in [3.8, 4) is 5.75 Å². The quantitative estimate of drug-likeness (QED) is 0.927. The number of alkyl halides is 3. The van der Waals surface area contributed by atoms with Gasteiger partial charge in [-0.05, 0) is 18.6 Å². The van der Waals surface area contributed by atoms with Crippen LogP contribution in [-0.2, 0) is 9.53 Å². The number of hydrogen-bond donors (Lipinski definition) is 1. The number of para-hydroxylation sites is 1. The number of carboxylic acid groups (broad SMARTS) is 1. The average Bonchev–Trinajstić information content (AvgIpc) is 2.42. The van der Waals surface area contributed by atoms with E-state index in [0.29, 0.717) is 0 Å². The standard InChI is InChI=1S/C14H13F3O4/c1-2-7-20-13(14(15,16)17)10(12(18)19)8-9-5-3-4-6-11(9)21-13/h3-6,8H,2,7H2,1H3,(H,18,19)/t13-/m1/s1. The molecule has 0 saturated carbocycles. The van der Waals surface area contributed by atoms with E-state index in [2.05, 4.69) is 0 Å². The Balaban J connectivity index is 2.61. The Kier molecular flexibility index (Phi) is 3.95. The van der Waals surface area contributed by atoms with E-state index in [0.717, 1.165) is 6.08 Å². The first-order valence-electron chi connectivity index (χ1n) is 6.26. The van der Waals surface area contributed by atoms with Crippen molar-refractivity contribution < 1.29 is 32.5 Å². The van der Waals surface area contributed by atoms with Crippen LogP contribution in [-0.4, -0.2) is 29.6 Å². The van der Waals surface area contributed by atoms with E-state index in [4.69, 9.17) is 14.6 Å². The molecule has 0 aromatic heterocycles. The zero-order valence-corrected chi connectivity index (χ0v) is 11.1. The predicted molar refractivity (Wildman–Crippen MR) is 67.7 cm³/mol. The summed E-state index contributed by atoms with van der Waals surface area (Å²) in [5, 5.41) is 9.13. The first-order chi connectivity index (χ1) is 9.82. The van der Waals surface area contributed by atoms with Crippen LogP contribution in [0.15, 0.2) is 29.8 Å². The molecule has 1 N–H and O–H groups in total. The van der Waals surface area contributed by atoms with Gasteiger partial charge in [0.2, 0.25) is 0 Å². The zero-order chi connectivity index (χ0) is 15.7. The van der Waals surface area contributed by atoms with E-state index in [1.165, 1.54) is 18.2 Å². The van der Waals surface area contributed by atoms with Crippen molar-refractivity contribution in [2.45, 2.75) is 25.3 Å². The SMILES string of the molecule is CCCO[C@@]1(C(F)(F)F)Oc2ccccc2C=C1C(=O)O. The van der Waals surface area contributed by atoms with E-state index < -0.39 is 23.5 Å². The Labute approximate surface area is 118 Å². The van der Waals surface area contributed by atoms with Crippen LogP contribution in [0.4, 0.5) is 13.2 Å². The van der Waals surface area contributed by atoms with Crippen LogP contribution < -0.4 is 4.74 Å². The minimum atomic E-state index is -5.03. The second-order valence-corrected chi connectivity index (χ2v) is 4.47. The highest BCUT2D eigenvalue weighted by Crippen LogP contribution is 2.46. The first-order valence-corrected chi connectivity index (χ1v) is 6.26. The Bertz CT molecular complexity index is 580.